The van der Waals surface area contributed by atoms with Crippen LogP contribution in [-0.4, -0.2) is 34.9 Å². The molecule has 2 rings (SSSR count). The fraction of sp³-hybridized carbons (Fsp3) is 0.267. The highest BCUT2D eigenvalue weighted by Crippen LogP contribution is 2.11. The molecular formula is C15H19N5O. The highest BCUT2D eigenvalue weighted by molar-refractivity contribution is 5.96. The van der Waals surface area contributed by atoms with Crippen molar-refractivity contribution in [3.63, 3.8) is 0 Å². The van der Waals surface area contributed by atoms with Gasteiger partial charge in [0, 0.05) is 25.5 Å². The van der Waals surface area contributed by atoms with Gasteiger partial charge in [0.15, 0.2) is 11.5 Å². The quantitative estimate of drug-likeness (QED) is 0.858. The van der Waals surface area contributed by atoms with Gasteiger partial charge in [0.1, 0.15) is 0 Å². The van der Waals surface area contributed by atoms with Crippen molar-refractivity contribution in [1.29, 1.82) is 0 Å². The molecule has 0 bridgehead atoms. The van der Waals surface area contributed by atoms with Crippen molar-refractivity contribution in [3.05, 3.63) is 53.5 Å². The number of hydrogen-bond acceptors (Lipinski definition) is 5. The summed E-state index contributed by atoms with van der Waals surface area (Å²) in [6.07, 6.45) is 2.91. The minimum atomic E-state index is -0.319. The number of aromatic nitrogens is 2. The molecule has 0 aliphatic rings. The Kier molecular flexibility index (Phi) is 4.84. The zero-order valence-corrected chi connectivity index (χ0v) is 12.2. The number of benzene rings is 1. The zero-order valence-electron chi connectivity index (χ0n) is 12.2. The molecule has 2 aromatic rings. The maximum absolute atomic E-state index is 12.1. The molecule has 0 atom stereocenters. The smallest absolute Gasteiger partial charge is 0.273 e. The van der Waals surface area contributed by atoms with Gasteiger partial charge in [-0.05, 0) is 25.2 Å². The van der Waals surface area contributed by atoms with E-state index < -0.39 is 0 Å². The summed E-state index contributed by atoms with van der Waals surface area (Å²) in [7, 11) is 4.02. The summed E-state index contributed by atoms with van der Waals surface area (Å²) >= 11 is 0. The lowest BCUT2D eigenvalue weighted by Gasteiger charge is -2.14. The molecule has 1 heterocycles. The molecule has 3 N–H and O–H groups in total. The van der Waals surface area contributed by atoms with Gasteiger partial charge in [0.2, 0.25) is 0 Å². The Balaban J connectivity index is 2.07. The second-order valence-electron chi connectivity index (χ2n) is 4.98. The van der Waals surface area contributed by atoms with Crippen LogP contribution in [0.4, 0.5) is 5.82 Å². The standard InChI is InChI=1S/C15H19N5O/c1-20(2)10-12-6-4-3-5-11(12)9-19-15(21)13-14(16)18-8-7-17-13/h3-8H,9-10H2,1-2H3,(H2,16,18)(H,19,21). The highest BCUT2D eigenvalue weighted by Gasteiger charge is 2.12. The molecule has 0 aliphatic carbocycles. The summed E-state index contributed by atoms with van der Waals surface area (Å²) in [6, 6.07) is 8.00. The van der Waals surface area contributed by atoms with Gasteiger partial charge in [-0.3, -0.25) is 4.79 Å². The average Bonchev–Trinajstić information content (AvgIpc) is 2.46. The lowest BCUT2D eigenvalue weighted by Crippen LogP contribution is -2.26. The summed E-state index contributed by atoms with van der Waals surface area (Å²) in [5, 5.41) is 2.83. The highest BCUT2D eigenvalue weighted by atomic mass is 16.1. The van der Waals surface area contributed by atoms with Crippen LogP contribution >= 0.6 is 0 Å². The number of nitrogen functional groups attached to an aromatic ring is 1. The van der Waals surface area contributed by atoms with Crippen molar-refractivity contribution >= 4 is 11.7 Å². The Morgan fingerprint density at radius 2 is 1.86 bits per heavy atom. The Morgan fingerprint density at radius 3 is 2.52 bits per heavy atom. The first-order valence-corrected chi connectivity index (χ1v) is 6.64. The molecular weight excluding hydrogens is 266 g/mol. The Bertz CT molecular complexity index is 627. The van der Waals surface area contributed by atoms with E-state index in [0.29, 0.717) is 6.54 Å². The SMILES string of the molecule is CN(C)Cc1ccccc1CNC(=O)c1nccnc1N. The van der Waals surface area contributed by atoms with Crippen molar-refractivity contribution < 1.29 is 4.79 Å². The van der Waals surface area contributed by atoms with Gasteiger partial charge in [-0.1, -0.05) is 24.3 Å². The van der Waals surface area contributed by atoms with Gasteiger partial charge >= 0.3 is 0 Å². The van der Waals surface area contributed by atoms with Crippen molar-refractivity contribution in [2.24, 2.45) is 0 Å². The summed E-state index contributed by atoms with van der Waals surface area (Å²) in [5.41, 5.74) is 8.05. The summed E-state index contributed by atoms with van der Waals surface area (Å²) < 4.78 is 0. The van der Waals surface area contributed by atoms with Crippen LogP contribution < -0.4 is 11.1 Å². The van der Waals surface area contributed by atoms with E-state index in [9.17, 15) is 4.79 Å². The molecule has 21 heavy (non-hydrogen) atoms. The van der Waals surface area contributed by atoms with E-state index >= 15 is 0 Å². The predicted octanol–water partition coefficient (Wildman–Crippen LogP) is 1.05. The fourth-order valence-corrected chi connectivity index (χ4v) is 2.01. The number of nitrogens with zero attached hydrogens (tertiary/aromatic N) is 3. The van der Waals surface area contributed by atoms with E-state index in [2.05, 4.69) is 26.3 Å². The van der Waals surface area contributed by atoms with Crippen LogP contribution in [0.3, 0.4) is 0 Å². The first kappa shape index (κ1) is 14.9. The van der Waals surface area contributed by atoms with Crippen molar-refractivity contribution in [1.82, 2.24) is 20.2 Å². The molecule has 110 valence electrons. The molecule has 0 unspecified atom stereocenters. The van der Waals surface area contributed by atoms with Crippen molar-refractivity contribution in [2.75, 3.05) is 19.8 Å². The fourth-order valence-electron chi connectivity index (χ4n) is 2.01. The molecule has 1 amide bonds. The predicted molar refractivity (Wildman–Crippen MR) is 81.4 cm³/mol. The van der Waals surface area contributed by atoms with Crippen LogP contribution in [0.15, 0.2) is 36.7 Å². The average molecular weight is 285 g/mol. The lowest BCUT2D eigenvalue weighted by atomic mass is 10.1. The normalized spacial score (nSPS) is 10.6. The third-order valence-corrected chi connectivity index (χ3v) is 2.99. The maximum Gasteiger partial charge on any atom is 0.273 e. The molecule has 0 aliphatic heterocycles. The van der Waals surface area contributed by atoms with Gasteiger partial charge < -0.3 is 16.0 Å². The first-order valence-electron chi connectivity index (χ1n) is 6.64. The van der Waals surface area contributed by atoms with Gasteiger partial charge in [-0.2, -0.15) is 0 Å². The molecule has 0 spiro atoms. The summed E-state index contributed by atoms with van der Waals surface area (Å²) in [6.45, 7) is 1.25. The Morgan fingerprint density at radius 1 is 1.19 bits per heavy atom. The number of nitrogens with one attached hydrogen (secondary N) is 1. The van der Waals surface area contributed by atoms with Crippen LogP contribution in [0, 0.1) is 0 Å². The van der Waals surface area contributed by atoms with Gasteiger partial charge in [0.25, 0.3) is 5.91 Å². The molecule has 1 aromatic carbocycles. The van der Waals surface area contributed by atoms with Crippen molar-refractivity contribution in [3.8, 4) is 0 Å². The van der Waals surface area contributed by atoms with E-state index in [1.807, 2.05) is 32.3 Å². The molecule has 0 saturated carbocycles. The minimum absolute atomic E-state index is 0.136. The molecule has 0 saturated heterocycles. The van der Waals surface area contributed by atoms with Gasteiger partial charge in [-0.15, -0.1) is 0 Å². The zero-order chi connectivity index (χ0) is 15.2. The molecule has 0 fully saturated rings. The van der Waals surface area contributed by atoms with Crippen LogP contribution in [0.5, 0.6) is 0 Å². The number of nitrogens with two attached hydrogens (primary N) is 1. The number of rotatable bonds is 5. The third kappa shape index (κ3) is 4.00. The number of carbonyl (C=O) groups is 1. The molecule has 6 heteroatoms. The van der Waals surface area contributed by atoms with Gasteiger partial charge in [0.05, 0.1) is 0 Å². The van der Waals surface area contributed by atoms with E-state index in [1.165, 1.54) is 18.0 Å². The van der Waals surface area contributed by atoms with E-state index in [-0.39, 0.29) is 17.4 Å². The van der Waals surface area contributed by atoms with Crippen molar-refractivity contribution in [2.45, 2.75) is 13.1 Å². The van der Waals surface area contributed by atoms with Crippen LogP contribution in [-0.2, 0) is 13.1 Å². The molecule has 0 radical (unpaired) electrons. The van der Waals surface area contributed by atoms with E-state index in [4.69, 9.17) is 5.73 Å². The Labute approximate surface area is 124 Å². The number of anilines is 1. The summed E-state index contributed by atoms with van der Waals surface area (Å²) in [4.78, 5) is 22.0. The van der Waals surface area contributed by atoms with Crippen LogP contribution in [0.2, 0.25) is 0 Å². The lowest BCUT2D eigenvalue weighted by molar-refractivity contribution is 0.0946. The number of amides is 1. The third-order valence-electron chi connectivity index (χ3n) is 2.99. The second kappa shape index (κ2) is 6.81. The molecule has 1 aromatic heterocycles. The number of hydrogen-bond donors (Lipinski definition) is 2. The Hall–Kier alpha value is -2.47. The largest absolute Gasteiger partial charge is 0.382 e. The second-order valence-corrected chi connectivity index (χ2v) is 4.98. The summed E-state index contributed by atoms with van der Waals surface area (Å²) in [5.74, 6) is -0.183. The number of carbonyl (C=O) groups excluding carboxylic acids is 1. The van der Waals surface area contributed by atoms with Crippen LogP contribution in [0.25, 0.3) is 0 Å². The van der Waals surface area contributed by atoms with Gasteiger partial charge in [-0.25, -0.2) is 9.97 Å². The topological polar surface area (TPSA) is 84.1 Å². The molecule has 6 nitrogen and oxygen atoms in total. The monoisotopic (exact) mass is 285 g/mol. The maximum atomic E-state index is 12.1. The van der Waals surface area contributed by atoms with E-state index in [1.54, 1.807) is 0 Å². The first-order chi connectivity index (χ1) is 10.1. The van der Waals surface area contributed by atoms with Crippen LogP contribution in [0.1, 0.15) is 21.6 Å². The van der Waals surface area contributed by atoms with E-state index in [0.717, 1.165) is 12.1 Å². The minimum Gasteiger partial charge on any atom is -0.382 e.